The maximum atomic E-state index is 13.0. The minimum absolute atomic E-state index is 0.372. The standard InChI is InChI=1S/C27H23F3N4S/c28-27(29,30)21-9-10-22-23(13-21)34-26(33-22)25-12-11-24(35-25)20-7-5-19(6-8-20)16-32-15-18-3-1-17(14-31)2-4-18/h1-13,32H,14-16,31H2,(H,33,34). The van der Waals surface area contributed by atoms with E-state index in [4.69, 9.17) is 5.73 Å². The van der Waals surface area contributed by atoms with Crippen molar-refractivity contribution in [2.75, 3.05) is 0 Å². The molecule has 0 radical (unpaired) electrons. The SMILES string of the molecule is NCc1ccc(CNCc2ccc(-c3ccc(-c4nc5ccc(C(F)(F)F)cc5[nH]4)s3)cc2)cc1. The molecule has 2 aromatic heterocycles. The molecule has 178 valence electrons. The summed E-state index contributed by atoms with van der Waals surface area (Å²) in [6, 6.07) is 24.1. The van der Waals surface area contributed by atoms with E-state index in [1.165, 1.54) is 17.2 Å². The number of fused-ring (bicyclic) bond motifs is 1. The van der Waals surface area contributed by atoms with Crippen LogP contribution in [0.5, 0.6) is 0 Å². The molecule has 3 aromatic carbocycles. The predicted molar refractivity (Wildman–Crippen MR) is 135 cm³/mol. The van der Waals surface area contributed by atoms with E-state index in [1.54, 1.807) is 11.3 Å². The average molecular weight is 493 g/mol. The highest BCUT2D eigenvalue weighted by Gasteiger charge is 2.30. The van der Waals surface area contributed by atoms with Crippen molar-refractivity contribution < 1.29 is 13.2 Å². The Kier molecular flexibility index (Phi) is 6.42. The van der Waals surface area contributed by atoms with Gasteiger partial charge in [0.1, 0.15) is 5.82 Å². The summed E-state index contributed by atoms with van der Waals surface area (Å²) in [6.07, 6.45) is -4.38. The lowest BCUT2D eigenvalue weighted by Gasteiger charge is -2.07. The molecular formula is C27H23F3N4S. The van der Waals surface area contributed by atoms with Crippen molar-refractivity contribution in [3.8, 4) is 21.1 Å². The summed E-state index contributed by atoms with van der Waals surface area (Å²) >= 11 is 1.55. The molecule has 0 unspecified atom stereocenters. The van der Waals surface area contributed by atoms with Gasteiger partial charge >= 0.3 is 6.18 Å². The van der Waals surface area contributed by atoms with Crippen molar-refractivity contribution in [2.24, 2.45) is 5.73 Å². The monoisotopic (exact) mass is 492 g/mol. The molecule has 0 aliphatic heterocycles. The first-order chi connectivity index (χ1) is 16.9. The highest BCUT2D eigenvalue weighted by atomic mass is 32.1. The summed E-state index contributed by atoms with van der Waals surface area (Å²) in [5.41, 5.74) is 10.4. The van der Waals surface area contributed by atoms with Crippen molar-refractivity contribution in [3.63, 3.8) is 0 Å². The number of aromatic amines is 1. The molecule has 4 nitrogen and oxygen atoms in total. The van der Waals surface area contributed by atoms with Gasteiger partial charge in [-0.25, -0.2) is 4.98 Å². The largest absolute Gasteiger partial charge is 0.416 e. The van der Waals surface area contributed by atoms with E-state index in [-0.39, 0.29) is 0 Å². The number of nitrogens with one attached hydrogen (secondary N) is 2. The van der Waals surface area contributed by atoms with Gasteiger partial charge in [0.25, 0.3) is 0 Å². The van der Waals surface area contributed by atoms with Gasteiger partial charge in [-0.3, -0.25) is 0 Å². The van der Waals surface area contributed by atoms with Gasteiger partial charge in [0.05, 0.1) is 21.5 Å². The highest BCUT2D eigenvalue weighted by Crippen LogP contribution is 2.35. The van der Waals surface area contributed by atoms with Crippen LogP contribution in [0.3, 0.4) is 0 Å². The Balaban J connectivity index is 1.24. The molecule has 5 rings (SSSR count). The number of nitrogens with two attached hydrogens (primary N) is 1. The van der Waals surface area contributed by atoms with Gasteiger partial charge in [-0.15, -0.1) is 11.3 Å². The molecule has 0 saturated heterocycles. The van der Waals surface area contributed by atoms with E-state index >= 15 is 0 Å². The fourth-order valence-electron chi connectivity index (χ4n) is 3.85. The molecule has 0 spiro atoms. The second kappa shape index (κ2) is 9.65. The minimum atomic E-state index is -4.38. The summed E-state index contributed by atoms with van der Waals surface area (Å²) in [5.74, 6) is 0.566. The number of aromatic nitrogens is 2. The van der Waals surface area contributed by atoms with Crippen LogP contribution in [0.25, 0.3) is 32.2 Å². The number of imidazole rings is 1. The second-order valence-corrected chi connectivity index (χ2v) is 9.38. The van der Waals surface area contributed by atoms with E-state index in [2.05, 4.69) is 51.7 Å². The summed E-state index contributed by atoms with van der Waals surface area (Å²) < 4.78 is 39.0. The molecule has 0 bridgehead atoms. The molecular weight excluding hydrogens is 469 g/mol. The van der Waals surface area contributed by atoms with Crippen molar-refractivity contribution in [2.45, 2.75) is 25.8 Å². The van der Waals surface area contributed by atoms with E-state index in [9.17, 15) is 13.2 Å². The van der Waals surface area contributed by atoms with Crippen LogP contribution >= 0.6 is 11.3 Å². The number of halogens is 3. The molecule has 0 saturated carbocycles. The zero-order valence-electron chi connectivity index (χ0n) is 18.7. The summed E-state index contributed by atoms with van der Waals surface area (Å²) in [6.45, 7) is 2.09. The topological polar surface area (TPSA) is 66.7 Å². The van der Waals surface area contributed by atoms with Gasteiger partial charge < -0.3 is 16.0 Å². The van der Waals surface area contributed by atoms with E-state index < -0.39 is 11.7 Å². The van der Waals surface area contributed by atoms with Crippen LogP contribution in [0, 0.1) is 0 Å². The Morgan fingerprint density at radius 2 is 1.43 bits per heavy atom. The van der Waals surface area contributed by atoms with Crippen molar-refractivity contribution in [1.29, 1.82) is 0 Å². The van der Waals surface area contributed by atoms with E-state index in [0.29, 0.717) is 23.4 Å². The van der Waals surface area contributed by atoms with Gasteiger partial charge in [-0.1, -0.05) is 48.5 Å². The molecule has 0 amide bonds. The Morgan fingerprint density at radius 3 is 2.09 bits per heavy atom. The molecule has 0 aliphatic carbocycles. The first kappa shape index (κ1) is 23.3. The first-order valence-electron chi connectivity index (χ1n) is 11.1. The number of hydrogen-bond donors (Lipinski definition) is 3. The van der Waals surface area contributed by atoms with E-state index in [1.807, 2.05) is 24.3 Å². The van der Waals surface area contributed by atoms with Crippen LogP contribution < -0.4 is 11.1 Å². The molecule has 0 fully saturated rings. The lowest BCUT2D eigenvalue weighted by Crippen LogP contribution is -2.12. The number of thiophene rings is 1. The molecule has 0 aliphatic rings. The Bertz CT molecular complexity index is 1430. The number of alkyl halides is 3. The number of nitrogens with zero attached hydrogens (tertiary/aromatic N) is 1. The third-order valence-corrected chi connectivity index (χ3v) is 6.95. The smallest absolute Gasteiger partial charge is 0.337 e. The second-order valence-electron chi connectivity index (χ2n) is 8.30. The summed E-state index contributed by atoms with van der Waals surface area (Å²) in [7, 11) is 0. The van der Waals surface area contributed by atoms with Crippen LogP contribution in [-0.2, 0) is 25.8 Å². The lowest BCUT2D eigenvalue weighted by atomic mass is 10.1. The quantitative estimate of drug-likeness (QED) is 0.236. The van der Waals surface area contributed by atoms with Crippen LogP contribution in [0.4, 0.5) is 13.2 Å². The van der Waals surface area contributed by atoms with Crippen molar-refractivity contribution >= 4 is 22.4 Å². The zero-order valence-corrected chi connectivity index (χ0v) is 19.5. The summed E-state index contributed by atoms with van der Waals surface area (Å²) in [4.78, 5) is 9.43. The van der Waals surface area contributed by atoms with Gasteiger partial charge in [-0.2, -0.15) is 13.2 Å². The zero-order chi connectivity index (χ0) is 24.4. The van der Waals surface area contributed by atoms with Crippen LogP contribution in [0.2, 0.25) is 0 Å². The third kappa shape index (κ3) is 5.30. The maximum absolute atomic E-state index is 13.0. The molecule has 4 N–H and O–H groups in total. The predicted octanol–water partition coefficient (Wildman–Crippen LogP) is 6.73. The lowest BCUT2D eigenvalue weighted by molar-refractivity contribution is -0.137. The maximum Gasteiger partial charge on any atom is 0.416 e. The van der Waals surface area contributed by atoms with Gasteiger partial charge in [0.15, 0.2) is 0 Å². The van der Waals surface area contributed by atoms with Crippen molar-refractivity contribution in [1.82, 2.24) is 15.3 Å². The van der Waals surface area contributed by atoms with Crippen LogP contribution in [-0.4, -0.2) is 9.97 Å². The van der Waals surface area contributed by atoms with E-state index in [0.717, 1.165) is 46.1 Å². The Hall–Kier alpha value is -3.46. The van der Waals surface area contributed by atoms with Crippen molar-refractivity contribution in [3.05, 3.63) is 101 Å². The molecule has 0 atom stereocenters. The molecule has 8 heteroatoms. The number of benzene rings is 3. The fraction of sp³-hybridized carbons (Fsp3) is 0.148. The molecule has 5 aromatic rings. The average Bonchev–Trinajstić information content (AvgIpc) is 3.51. The van der Waals surface area contributed by atoms with Gasteiger partial charge in [0, 0.05) is 24.5 Å². The number of rotatable bonds is 7. The normalized spacial score (nSPS) is 11.9. The van der Waals surface area contributed by atoms with Gasteiger partial charge in [-0.05, 0) is 52.6 Å². The van der Waals surface area contributed by atoms with Crippen LogP contribution in [0.1, 0.15) is 22.3 Å². The highest BCUT2D eigenvalue weighted by molar-refractivity contribution is 7.18. The molecule has 2 heterocycles. The first-order valence-corrected chi connectivity index (χ1v) is 12.0. The fourth-order valence-corrected chi connectivity index (χ4v) is 4.81. The minimum Gasteiger partial charge on any atom is -0.337 e. The Morgan fingerprint density at radius 1 is 0.800 bits per heavy atom. The summed E-state index contributed by atoms with van der Waals surface area (Å²) in [5, 5.41) is 3.45. The molecule has 35 heavy (non-hydrogen) atoms. The number of hydrogen-bond acceptors (Lipinski definition) is 4. The van der Waals surface area contributed by atoms with Gasteiger partial charge in [0.2, 0.25) is 0 Å². The van der Waals surface area contributed by atoms with Crippen LogP contribution in [0.15, 0.2) is 78.9 Å². The Labute approximate surface area is 204 Å². The number of H-pyrrole nitrogens is 1. The third-order valence-electron chi connectivity index (χ3n) is 5.80.